The second-order valence-corrected chi connectivity index (χ2v) is 10.1. The van der Waals surface area contributed by atoms with Crippen LogP contribution in [0, 0.1) is 17.6 Å². The molecule has 1 aliphatic rings. The van der Waals surface area contributed by atoms with E-state index in [1.807, 2.05) is 0 Å². The van der Waals surface area contributed by atoms with Gasteiger partial charge in [0.25, 0.3) is 5.91 Å². The van der Waals surface area contributed by atoms with Crippen molar-refractivity contribution in [3.8, 4) is 11.5 Å². The lowest BCUT2D eigenvalue weighted by Gasteiger charge is -2.28. The number of methoxy groups -OCH3 is 2. The van der Waals surface area contributed by atoms with Gasteiger partial charge in [-0.1, -0.05) is 6.07 Å². The molecule has 1 aromatic heterocycles. The van der Waals surface area contributed by atoms with E-state index in [2.05, 4.69) is 5.10 Å². The van der Waals surface area contributed by atoms with Crippen molar-refractivity contribution in [3.05, 3.63) is 76.6 Å². The average molecular weight is 610 g/mol. The number of ether oxygens (including phenoxy) is 2. The number of aliphatic carboxylic acids is 1. The summed E-state index contributed by atoms with van der Waals surface area (Å²) in [6, 6.07) is 6.01. The maximum Gasteiger partial charge on any atom is 0.433 e. The Morgan fingerprint density at radius 3 is 2.09 bits per heavy atom. The van der Waals surface area contributed by atoms with Crippen molar-refractivity contribution < 1.29 is 50.9 Å². The number of carboxylic acid groups (broad SMARTS) is 1. The molecule has 1 saturated carbocycles. The number of rotatable bonds is 10. The molecule has 1 N–H and O–H groups in total. The summed E-state index contributed by atoms with van der Waals surface area (Å²) < 4.78 is 82.5. The van der Waals surface area contributed by atoms with E-state index in [-0.39, 0.29) is 48.3 Å². The third kappa shape index (κ3) is 6.95. The lowest BCUT2D eigenvalue weighted by Crippen LogP contribution is -2.37. The van der Waals surface area contributed by atoms with Crippen LogP contribution in [0.5, 0.6) is 11.5 Å². The standard InChI is InChI=1S/C29H28F5N3O6/c1-42-23-4-3-5-24(43-2)25(23)22(38)15-36(14-16-10-18(30)12-19(31)11-16)27(39)21-13-35-37(26(21)29(32,33)34)20-8-6-17(7-9-20)28(40)41/h3-5,10-13,17,20H,6-9,14-15H2,1-2H3,(H,40,41)/t17-,20-. The maximum absolute atomic E-state index is 14.5. The minimum Gasteiger partial charge on any atom is -0.496 e. The number of hydrogen-bond donors (Lipinski definition) is 1. The molecule has 1 amide bonds. The van der Waals surface area contributed by atoms with Crippen molar-refractivity contribution in [2.24, 2.45) is 5.92 Å². The summed E-state index contributed by atoms with van der Waals surface area (Å²) in [6.45, 7) is -1.43. The summed E-state index contributed by atoms with van der Waals surface area (Å²) in [6.07, 6.45) is -3.87. The number of carbonyl (C=O) groups excluding carboxylic acids is 2. The van der Waals surface area contributed by atoms with Gasteiger partial charge in [0, 0.05) is 12.6 Å². The average Bonchev–Trinajstić information content (AvgIpc) is 3.41. The number of hydrogen-bond acceptors (Lipinski definition) is 6. The fourth-order valence-corrected chi connectivity index (χ4v) is 5.32. The molecule has 1 aliphatic carbocycles. The van der Waals surface area contributed by atoms with E-state index >= 15 is 0 Å². The van der Waals surface area contributed by atoms with Crippen LogP contribution in [0.3, 0.4) is 0 Å². The zero-order valence-electron chi connectivity index (χ0n) is 23.2. The minimum atomic E-state index is -5.06. The van der Waals surface area contributed by atoms with Crippen LogP contribution in [0.15, 0.2) is 42.6 Å². The van der Waals surface area contributed by atoms with Gasteiger partial charge in [-0.05, 0) is 55.5 Å². The molecule has 3 aromatic rings. The van der Waals surface area contributed by atoms with Crippen molar-refractivity contribution in [3.63, 3.8) is 0 Å². The quantitative estimate of drug-likeness (QED) is 0.238. The number of aromatic nitrogens is 2. The van der Waals surface area contributed by atoms with Crippen molar-refractivity contribution in [2.45, 2.75) is 44.4 Å². The van der Waals surface area contributed by atoms with E-state index in [0.29, 0.717) is 10.7 Å². The Labute approximate surface area is 242 Å². The third-order valence-corrected chi connectivity index (χ3v) is 7.31. The molecular formula is C29H28F5N3O6. The summed E-state index contributed by atoms with van der Waals surface area (Å²) >= 11 is 0. The Morgan fingerprint density at radius 2 is 1.58 bits per heavy atom. The highest BCUT2D eigenvalue weighted by Gasteiger charge is 2.43. The summed E-state index contributed by atoms with van der Waals surface area (Å²) in [4.78, 5) is 39.3. The normalized spacial score (nSPS) is 16.9. The first-order valence-electron chi connectivity index (χ1n) is 13.2. The molecule has 43 heavy (non-hydrogen) atoms. The highest BCUT2D eigenvalue weighted by molar-refractivity contribution is 6.05. The highest BCUT2D eigenvalue weighted by Crippen LogP contribution is 2.39. The molecule has 1 heterocycles. The van der Waals surface area contributed by atoms with E-state index in [1.54, 1.807) is 6.07 Å². The van der Waals surface area contributed by atoms with Crippen molar-refractivity contribution in [1.29, 1.82) is 0 Å². The SMILES string of the molecule is COc1cccc(OC)c1C(=O)CN(Cc1cc(F)cc(F)c1)C(=O)c1cnn([C@H]2CC[C@H](C(=O)O)CC2)c1C(F)(F)F. The van der Waals surface area contributed by atoms with Gasteiger partial charge < -0.3 is 19.5 Å². The van der Waals surface area contributed by atoms with Crippen LogP contribution in [0.25, 0.3) is 0 Å². The van der Waals surface area contributed by atoms with Crippen molar-refractivity contribution >= 4 is 17.7 Å². The minimum absolute atomic E-state index is 0.0781. The number of carbonyl (C=O) groups is 3. The van der Waals surface area contributed by atoms with Gasteiger partial charge in [-0.3, -0.25) is 19.1 Å². The predicted octanol–water partition coefficient (Wildman–Crippen LogP) is 5.54. The topological polar surface area (TPSA) is 111 Å². The molecule has 0 bridgehead atoms. The molecule has 0 atom stereocenters. The Bertz CT molecular complexity index is 1470. The third-order valence-electron chi connectivity index (χ3n) is 7.31. The molecule has 230 valence electrons. The monoisotopic (exact) mass is 609 g/mol. The molecule has 4 rings (SSSR count). The van der Waals surface area contributed by atoms with Gasteiger partial charge in [0.05, 0.1) is 44.5 Å². The molecule has 1 fully saturated rings. The summed E-state index contributed by atoms with van der Waals surface area (Å²) in [5.74, 6) is -5.57. The van der Waals surface area contributed by atoms with Gasteiger partial charge in [0.15, 0.2) is 11.5 Å². The largest absolute Gasteiger partial charge is 0.496 e. The van der Waals surface area contributed by atoms with Crippen LogP contribution in [-0.4, -0.2) is 58.2 Å². The summed E-state index contributed by atoms with van der Waals surface area (Å²) in [7, 11) is 2.58. The number of benzene rings is 2. The number of alkyl halides is 3. The Balaban J connectivity index is 1.75. The number of halogens is 5. The van der Waals surface area contributed by atoms with Crippen LogP contribution in [0.4, 0.5) is 22.0 Å². The van der Waals surface area contributed by atoms with Crippen LogP contribution >= 0.6 is 0 Å². The smallest absolute Gasteiger partial charge is 0.433 e. The fourth-order valence-electron chi connectivity index (χ4n) is 5.32. The molecular weight excluding hydrogens is 581 g/mol. The van der Waals surface area contributed by atoms with Crippen LogP contribution in [-0.2, 0) is 17.5 Å². The molecule has 0 radical (unpaired) electrons. The number of nitrogens with zero attached hydrogens (tertiary/aromatic N) is 3. The molecule has 0 unspecified atom stereocenters. The Hall–Kier alpha value is -4.49. The summed E-state index contributed by atoms with van der Waals surface area (Å²) in [5.41, 5.74) is -2.44. The number of Topliss-reactive ketones (excluding diaryl/α,β-unsaturated/α-hetero) is 1. The number of amides is 1. The first-order valence-corrected chi connectivity index (χ1v) is 13.2. The zero-order chi connectivity index (χ0) is 31.5. The maximum atomic E-state index is 14.5. The Kier molecular flexibility index (Phi) is 9.36. The van der Waals surface area contributed by atoms with E-state index in [4.69, 9.17) is 9.47 Å². The molecule has 0 spiro atoms. The number of ketones is 1. The second kappa shape index (κ2) is 12.8. The van der Waals surface area contributed by atoms with Gasteiger partial charge in [0.1, 0.15) is 28.7 Å². The molecule has 14 heteroatoms. The highest BCUT2D eigenvalue weighted by atomic mass is 19.4. The molecule has 0 saturated heterocycles. The van der Waals surface area contributed by atoms with E-state index in [1.165, 1.54) is 26.4 Å². The van der Waals surface area contributed by atoms with E-state index in [0.717, 1.165) is 23.2 Å². The van der Waals surface area contributed by atoms with E-state index in [9.17, 15) is 41.4 Å². The van der Waals surface area contributed by atoms with Crippen LogP contribution < -0.4 is 9.47 Å². The van der Waals surface area contributed by atoms with Crippen molar-refractivity contribution in [1.82, 2.24) is 14.7 Å². The fraction of sp³-hybridized carbons (Fsp3) is 0.379. The lowest BCUT2D eigenvalue weighted by molar-refractivity contribution is -0.147. The Morgan fingerprint density at radius 1 is 1.00 bits per heavy atom. The molecule has 0 aliphatic heterocycles. The number of carboxylic acids is 1. The first-order chi connectivity index (χ1) is 20.3. The first kappa shape index (κ1) is 31.4. The van der Waals surface area contributed by atoms with Crippen molar-refractivity contribution in [2.75, 3.05) is 20.8 Å². The predicted molar refractivity (Wildman–Crippen MR) is 141 cm³/mol. The molecule has 9 nitrogen and oxygen atoms in total. The summed E-state index contributed by atoms with van der Waals surface area (Å²) in [5, 5.41) is 13.1. The second-order valence-electron chi connectivity index (χ2n) is 10.1. The van der Waals surface area contributed by atoms with Gasteiger partial charge in [-0.15, -0.1) is 0 Å². The lowest BCUT2D eigenvalue weighted by atomic mass is 9.86. The van der Waals surface area contributed by atoms with Gasteiger partial charge in [-0.2, -0.15) is 18.3 Å². The van der Waals surface area contributed by atoms with Crippen LogP contribution in [0.1, 0.15) is 63.7 Å². The zero-order valence-corrected chi connectivity index (χ0v) is 23.2. The molecule has 2 aromatic carbocycles. The van der Waals surface area contributed by atoms with E-state index < -0.39 is 71.8 Å². The van der Waals surface area contributed by atoms with Gasteiger partial charge in [0.2, 0.25) is 0 Å². The van der Waals surface area contributed by atoms with Crippen LogP contribution in [0.2, 0.25) is 0 Å². The van der Waals surface area contributed by atoms with Gasteiger partial charge in [-0.25, -0.2) is 8.78 Å². The van der Waals surface area contributed by atoms with Gasteiger partial charge >= 0.3 is 12.1 Å².